The summed E-state index contributed by atoms with van der Waals surface area (Å²) in [6.45, 7) is 2.20. The first-order valence-corrected chi connectivity index (χ1v) is 9.38. The van der Waals surface area contributed by atoms with E-state index in [1.54, 1.807) is 13.8 Å². The van der Waals surface area contributed by atoms with Gasteiger partial charge in [0.1, 0.15) is 42.7 Å². The second-order valence-electron chi connectivity index (χ2n) is 7.59. The Morgan fingerprint density at radius 2 is 1.41 bits per heavy atom. The van der Waals surface area contributed by atoms with E-state index in [4.69, 9.17) is 18.9 Å². The molecule has 170 valence electrons. The monoisotopic (exact) mass is 426 g/mol. The topological polar surface area (TPSA) is 196 Å². The van der Waals surface area contributed by atoms with Crippen LogP contribution in [0.4, 0.5) is 0 Å². The summed E-state index contributed by atoms with van der Waals surface area (Å²) >= 11 is 0. The van der Waals surface area contributed by atoms with Crippen LogP contribution >= 0.6 is 0 Å². The lowest BCUT2D eigenvalue weighted by Gasteiger charge is -2.45. The predicted octanol–water partition coefficient (Wildman–Crippen LogP) is -3.80. The van der Waals surface area contributed by atoms with Crippen molar-refractivity contribution in [3.8, 4) is 0 Å². The quantitative estimate of drug-likeness (QED) is 0.196. The van der Waals surface area contributed by atoms with E-state index >= 15 is 0 Å². The number of aliphatic hydroxyl groups excluding tert-OH is 7. The molecule has 0 amide bonds. The second kappa shape index (κ2) is 10.4. The van der Waals surface area contributed by atoms with Gasteiger partial charge in [-0.2, -0.15) is 0 Å². The molecular weight excluding hydrogens is 396 g/mol. The van der Waals surface area contributed by atoms with Gasteiger partial charge >= 0.3 is 5.97 Å². The number of hydrogen-bond donors (Lipinski definition) is 7. The van der Waals surface area contributed by atoms with Crippen LogP contribution in [0.2, 0.25) is 0 Å². The Morgan fingerprint density at radius 3 is 1.97 bits per heavy atom. The first kappa shape index (κ1) is 24.3. The van der Waals surface area contributed by atoms with Gasteiger partial charge in [0.15, 0.2) is 18.7 Å². The first-order chi connectivity index (χ1) is 13.6. The van der Waals surface area contributed by atoms with Crippen molar-refractivity contribution >= 4 is 5.97 Å². The normalized spacial score (nSPS) is 43.4. The van der Waals surface area contributed by atoms with Crippen molar-refractivity contribution in [2.45, 2.75) is 81.7 Å². The molecule has 2 fully saturated rings. The summed E-state index contributed by atoms with van der Waals surface area (Å²) in [4.78, 5) is 11.9. The Hall–Kier alpha value is -0.930. The molecular formula is C17H30O12. The van der Waals surface area contributed by atoms with Gasteiger partial charge in [0.25, 0.3) is 0 Å². The van der Waals surface area contributed by atoms with Crippen molar-refractivity contribution in [2.75, 3.05) is 13.2 Å². The molecule has 29 heavy (non-hydrogen) atoms. The lowest BCUT2D eigenvalue weighted by molar-refractivity contribution is -0.355. The second-order valence-corrected chi connectivity index (χ2v) is 7.59. The maximum Gasteiger partial charge on any atom is 0.306 e. The summed E-state index contributed by atoms with van der Waals surface area (Å²) in [6, 6.07) is 0. The minimum Gasteiger partial charge on any atom is -0.457 e. The SMILES string of the molecule is CC(C)CC(=O)O[C@H]1[C@H](O)[C@H](O)[C@@H](O[C@H]2[C@H](O)[C@H](O)[C@@H](O)O[C@@H]2CO)O[C@@H]1CO. The number of carbonyl (C=O) groups excluding carboxylic acids is 1. The van der Waals surface area contributed by atoms with Crippen LogP contribution in [0.25, 0.3) is 0 Å². The van der Waals surface area contributed by atoms with Crippen LogP contribution in [-0.2, 0) is 23.7 Å². The minimum atomic E-state index is -1.76. The third-order valence-corrected chi connectivity index (χ3v) is 4.79. The van der Waals surface area contributed by atoms with E-state index in [1.807, 2.05) is 0 Å². The summed E-state index contributed by atoms with van der Waals surface area (Å²) in [5.74, 6) is -0.658. The Morgan fingerprint density at radius 1 is 0.862 bits per heavy atom. The molecule has 12 heteroatoms. The molecule has 7 N–H and O–H groups in total. The van der Waals surface area contributed by atoms with Crippen LogP contribution in [0, 0.1) is 5.92 Å². The predicted molar refractivity (Wildman–Crippen MR) is 91.9 cm³/mol. The van der Waals surface area contributed by atoms with Crippen LogP contribution < -0.4 is 0 Å². The van der Waals surface area contributed by atoms with Gasteiger partial charge in [0.2, 0.25) is 0 Å². The smallest absolute Gasteiger partial charge is 0.306 e. The largest absolute Gasteiger partial charge is 0.457 e. The molecule has 2 saturated heterocycles. The van der Waals surface area contributed by atoms with Gasteiger partial charge in [-0.25, -0.2) is 0 Å². The van der Waals surface area contributed by atoms with Crippen LogP contribution in [-0.4, -0.2) is 116 Å². The molecule has 0 spiro atoms. The molecule has 0 aromatic carbocycles. The molecule has 0 unspecified atom stereocenters. The summed E-state index contributed by atoms with van der Waals surface area (Å²) < 4.78 is 20.9. The van der Waals surface area contributed by atoms with Crippen molar-refractivity contribution in [3.63, 3.8) is 0 Å². The van der Waals surface area contributed by atoms with Gasteiger partial charge in [-0.3, -0.25) is 4.79 Å². The molecule has 10 atom stereocenters. The zero-order chi connectivity index (χ0) is 21.9. The van der Waals surface area contributed by atoms with Gasteiger partial charge in [0.05, 0.1) is 13.2 Å². The molecule has 0 bridgehead atoms. The first-order valence-electron chi connectivity index (χ1n) is 9.38. The number of ether oxygens (including phenoxy) is 4. The summed E-state index contributed by atoms with van der Waals surface area (Å²) in [6.07, 6.45) is -15.6. The Balaban J connectivity index is 2.10. The van der Waals surface area contributed by atoms with Gasteiger partial charge < -0.3 is 54.7 Å². The highest BCUT2D eigenvalue weighted by atomic mass is 16.7. The van der Waals surface area contributed by atoms with Gasteiger partial charge in [-0.05, 0) is 5.92 Å². The average molecular weight is 426 g/mol. The zero-order valence-electron chi connectivity index (χ0n) is 16.1. The van der Waals surface area contributed by atoms with Crippen LogP contribution in [0.15, 0.2) is 0 Å². The van der Waals surface area contributed by atoms with Gasteiger partial charge in [-0.1, -0.05) is 13.8 Å². The van der Waals surface area contributed by atoms with Crippen molar-refractivity contribution < 1.29 is 59.5 Å². The lowest BCUT2D eigenvalue weighted by Crippen LogP contribution is -2.65. The summed E-state index contributed by atoms with van der Waals surface area (Å²) in [7, 11) is 0. The fourth-order valence-electron chi connectivity index (χ4n) is 3.23. The Bertz CT molecular complexity index is 527. The maximum absolute atomic E-state index is 11.9. The molecule has 12 nitrogen and oxygen atoms in total. The molecule has 2 aliphatic heterocycles. The molecule has 2 aliphatic rings. The number of esters is 1. The van der Waals surface area contributed by atoms with Gasteiger partial charge in [0, 0.05) is 6.42 Å². The Kier molecular flexibility index (Phi) is 8.72. The molecule has 0 radical (unpaired) electrons. The van der Waals surface area contributed by atoms with E-state index < -0.39 is 80.6 Å². The minimum absolute atomic E-state index is 0.0114. The van der Waals surface area contributed by atoms with E-state index in [0.29, 0.717) is 0 Å². The molecule has 0 saturated carbocycles. The molecule has 0 aliphatic carbocycles. The van der Waals surface area contributed by atoms with Gasteiger partial charge in [-0.15, -0.1) is 0 Å². The number of rotatable bonds is 7. The molecule has 2 heterocycles. The summed E-state index contributed by atoms with van der Waals surface area (Å²) in [5, 5.41) is 69.1. The van der Waals surface area contributed by atoms with Crippen molar-refractivity contribution in [1.29, 1.82) is 0 Å². The van der Waals surface area contributed by atoms with Crippen molar-refractivity contribution in [1.82, 2.24) is 0 Å². The highest BCUT2D eigenvalue weighted by Crippen LogP contribution is 2.29. The van der Waals surface area contributed by atoms with Crippen LogP contribution in [0.1, 0.15) is 20.3 Å². The highest BCUT2D eigenvalue weighted by Gasteiger charge is 2.51. The van der Waals surface area contributed by atoms with E-state index in [-0.39, 0.29) is 12.3 Å². The average Bonchev–Trinajstić information content (AvgIpc) is 2.66. The maximum atomic E-state index is 11.9. The fourth-order valence-corrected chi connectivity index (χ4v) is 3.23. The zero-order valence-corrected chi connectivity index (χ0v) is 16.1. The fraction of sp³-hybridized carbons (Fsp3) is 0.941. The van der Waals surface area contributed by atoms with Crippen molar-refractivity contribution in [3.05, 3.63) is 0 Å². The number of hydrogen-bond acceptors (Lipinski definition) is 12. The van der Waals surface area contributed by atoms with E-state index in [2.05, 4.69) is 0 Å². The van der Waals surface area contributed by atoms with Crippen LogP contribution in [0.3, 0.4) is 0 Å². The number of carbonyl (C=O) groups is 1. The molecule has 0 aromatic heterocycles. The highest BCUT2D eigenvalue weighted by molar-refractivity contribution is 5.69. The third kappa shape index (κ3) is 5.61. The molecule has 2 rings (SSSR count). The van der Waals surface area contributed by atoms with Crippen LogP contribution in [0.5, 0.6) is 0 Å². The molecule has 0 aromatic rings. The van der Waals surface area contributed by atoms with Crippen molar-refractivity contribution in [2.24, 2.45) is 5.92 Å². The third-order valence-electron chi connectivity index (χ3n) is 4.79. The standard InChI is InChI=1S/C17H30O12/c1-6(2)3-9(20)28-14-8(5-19)27-17(13(24)11(14)22)29-15-7(4-18)26-16(25)12(23)10(15)21/h6-8,10-19,21-25H,3-5H2,1-2H3/t7-,8-,10-,11-,12+,13+,14-,15-,16+,17-/m1/s1. The Labute approximate surface area is 167 Å². The van der Waals surface area contributed by atoms with E-state index in [0.717, 1.165) is 0 Å². The van der Waals surface area contributed by atoms with E-state index in [9.17, 15) is 40.5 Å². The number of aliphatic hydroxyl groups is 7. The summed E-state index contributed by atoms with van der Waals surface area (Å²) in [5.41, 5.74) is 0. The van der Waals surface area contributed by atoms with E-state index in [1.165, 1.54) is 0 Å². The lowest BCUT2D eigenvalue weighted by atomic mass is 9.97.